The summed E-state index contributed by atoms with van der Waals surface area (Å²) < 4.78 is 7.30. The second kappa shape index (κ2) is 8.60. The number of benzene rings is 1. The van der Waals surface area contributed by atoms with Crippen molar-refractivity contribution in [2.45, 2.75) is 53.0 Å². The lowest BCUT2D eigenvalue weighted by atomic mass is 10.1. The SMILES string of the molecule is CCCCCCn1c(=O)c(O)c(OCC=C(C)C)c2ccc(N)cc21. The van der Waals surface area contributed by atoms with Gasteiger partial charge in [-0.1, -0.05) is 31.8 Å². The van der Waals surface area contributed by atoms with E-state index in [2.05, 4.69) is 6.92 Å². The first kappa shape index (κ1) is 18.9. The number of nitrogens with two attached hydrogens (primary N) is 1. The van der Waals surface area contributed by atoms with Gasteiger partial charge >= 0.3 is 0 Å². The van der Waals surface area contributed by atoms with Gasteiger partial charge in [-0.2, -0.15) is 0 Å². The molecule has 3 N–H and O–H groups in total. The molecule has 0 spiro atoms. The zero-order chi connectivity index (χ0) is 18.4. The van der Waals surface area contributed by atoms with E-state index in [1.54, 1.807) is 22.8 Å². The maximum absolute atomic E-state index is 12.7. The molecule has 0 atom stereocenters. The molecule has 5 nitrogen and oxygen atoms in total. The number of aromatic nitrogens is 1. The number of unbranched alkanes of at least 4 members (excludes halogenated alkanes) is 3. The van der Waals surface area contributed by atoms with E-state index >= 15 is 0 Å². The molecule has 1 aromatic heterocycles. The number of aromatic hydroxyl groups is 1. The summed E-state index contributed by atoms with van der Waals surface area (Å²) in [6.45, 7) is 6.94. The third-order valence-electron chi connectivity index (χ3n) is 4.17. The zero-order valence-corrected chi connectivity index (χ0v) is 15.3. The summed E-state index contributed by atoms with van der Waals surface area (Å²) in [5.41, 5.74) is 7.88. The van der Waals surface area contributed by atoms with Crippen molar-refractivity contribution in [3.63, 3.8) is 0 Å². The van der Waals surface area contributed by atoms with E-state index in [4.69, 9.17) is 10.5 Å². The Morgan fingerprint density at radius 2 is 2.04 bits per heavy atom. The average molecular weight is 344 g/mol. The molecular formula is C20H28N2O3. The molecule has 0 fully saturated rings. The monoisotopic (exact) mass is 344 g/mol. The van der Waals surface area contributed by atoms with E-state index in [9.17, 15) is 9.90 Å². The fourth-order valence-electron chi connectivity index (χ4n) is 2.78. The lowest BCUT2D eigenvalue weighted by Gasteiger charge is -2.16. The minimum absolute atomic E-state index is 0.224. The van der Waals surface area contributed by atoms with E-state index in [1.165, 1.54) is 0 Å². The molecule has 0 aliphatic heterocycles. The molecule has 136 valence electrons. The van der Waals surface area contributed by atoms with Crippen LogP contribution in [0.5, 0.6) is 11.5 Å². The Kier molecular flexibility index (Phi) is 6.51. The highest BCUT2D eigenvalue weighted by molar-refractivity contribution is 5.89. The van der Waals surface area contributed by atoms with Gasteiger partial charge < -0.3 is 20.1 Å². The van der Waals surface area contributed by atoms with Crippen molar-refractivity contribution >= 4 is 16.6 Å². The van der Waals surface area contributed by atoms with Crippen LogP contribution in [0.2, 0.25) is 0 Å². The minimum atomic E-state index is -0.429. The highest BCUT2D eigenvalue weighted by Gasteiger charge is 2.17. The van der Waals surface area contributed by atoms with Crippen LogP contribution in [0.3, 0.4) is 0 Å². The van der Waals surface area contributed by atoms with Crippen molar-refractivity contribution in [3.8, 4) is 11.5 Å². The summed E-state index contributed by atoms with van der Waals surface area (Å²) in [5, 5.41) is 11.1. The van der Waals surface area contributed by atoms with E-state index in [-0.39, 0.29) is 11.5 Å². The molecule has 0 saturated heterocycles. The van der Waals surface area contributed by atoms with Crippen LogP contribution < -0.4 is 16.0 Å². The number of nitrogens with zero attached hydrogens (tertiary/aromatic N) is 1. The Balaban J connectivity index is 2.48. The molecule has 0 bridgehead atoms. The van der Waals surface area contributed by atoms with Crippen molar-refractivity contribution in [2.75, 3.05) is 12.3 Å². The fraction of sp³-hybridized carbons (Fsp3) is 0.450. The van der Waals surface area contributed by atoms with Crippen molar-refractivity contribution < 1.29 is 9.84 Å². The Bertz CT molecular complexity index is 818. The number of ether oxygens (including phenoxy) is 1. The number of anilines is 1. The van der Waals surface area contributed by atoms with Crippen LogP contribution in [0.25, 0.3) is 10.9 Å². The summed E-state index contributed by atoms with van der Waals surface area (Å²) in [5.74, 6) is -0.114. The van der Waals surface area contributed by atoms with Crippen LogP contribution >= 0.6 is 0 Å². The highest BCUT2D eigenvalue weighted by Crippen LogP contribution is 2.33. The first-order chi connectivity index (χ1) is 12.0. The molecule has 1 aromatic carbocycles. The first-order valence-electron chi connectivity index (χ1n) is 8.86. The van der Waals surface area contributed by atoms with Gasteiger partial charge in [0.15, 0.2) is 5.75 Å². The summed E-state index contributed by atoms with van der Waals surface area (Å²) in [6, 6.07) is 5.31. The molecule has 5 heteroatoms. The predicted octanol–water partition coefficient (Wildman–Crippen LogP) is 4.21. The van der Waals surface area contributed by atoms with Crippen LogP contribution in [-0.4, -0.2) is 16.3 Å². The molecule has 0 aliphatic carbocycles. The Morgan fingerprint density at radius 3 is 2.72 bits per heavy atom. The van der Waals surface area contributed by atoms with Gasteiger partial charge in [0.2, 0.25) is 5.75 Å². The Hall–Kier alpha value is -2.43. The highest BCUT2D eigenvalue weighted by atomic mass is 16.5. The minimum Gasteiger partial charge on any atom is -0.500 e. The fourth-order valence-corrected chi connectivity index (χ4v) is 2.78. The standard InChI is InChI=1S/C20H28N2O3/c1-4-5-6-7-11-22-17-13-15(21)8-9-16(17)19(18(23)20(22)24)25-12-10-14(2)3/h8-10,13,23H,4-7,11-12,21H2,1-3H3. The van der Waals surface area contributed by atoms with Gasteiger partial charge in [0, 0.05) is 17.6 Å². The largest absolute Gasteiger partial charge is 0.500 e. The summed E-state index contributed by atoms with van der Waals surface area (Å²) in [7, 11) is 0. The van der Waals surface area contributed by atoms with Crippen LogP contribution in [0, 0.1) is 0 Å². The number of fused-ring (bicyclic) bond motifs is 1. The molecule has 0 radical (unpaired) electrons. The molecule has 1 heterocycles. The molecule has 2 rings (SSSR count). The van der Waals surface area contributed by atoms with E-state index < -0.39 is 5.56 Å². The number of rotatable bonds is 8. The van der Waals surface area contributed by atoms with Crippen molar-refractivity contribution in [3.05, 3.63) is 40.2 Å². The molecule has 0 amide bonds. The van der Waals surface area contributed by atoms with E-state index in [1.807, 2.05) is 19.9 Å². The van der Waals surface area contributed by atoms with Gasteiger partial charge in [-0.15, -0.1) is 0 Å². The predicted molar refractivity (Wildman–Crippen MR) is 103 cm³/mol. The molecule has 0 aliphatic rings. The topological polar surface area (TPSA) is 77.5 Å². The number of nitrogen functional groups attached to an aromatic ring is 1. The van der Waals surface area contributed by atoms with E-state index in [0.29, 0.717) is 29.7 Å². The Labute approximate surface area is 148 Å². The normalized spacial score (nSPS) is 10.8. The summed E-state index contributed by atoms with van der Waals surface area (Å²) in [4.78, 5) is 12.7. The van der Waals surface area contributed by atoms with Crippen LogP contribution in [0.1, 0.15) is 46.5 Å². The van der Waals surface area contributed by atoms with Crippen molar-refractivity contribution in [2.24, 2.45) is 0 Å². The van der Waals surface area contributed by atoms with Gasteiger partial charge in [-0.25, -0.2) is 0 Å². The van der Waals surface area contributed by atoms with Gasteiger partial charge in [-0.3, -0.25) is 4.79 Å². The summed E-state index contributed by atoms with van der Waals surface area (Å²) in [6.07, 6.45) is 6.09. The van der Waals surface area contributed by atoms with Crippen LogP contribution in [0.15, 0.2) is 34.6 Å². The lowest BCUT2D eigenvalue weighted by molar-refractivity contribution is 0.335. The smallest absolute Gasteiger partial charge is 0.297 e. The quantitative estimate of drug-likeness (QED) is 0.427. The van der Waals surface area contributed by atoms with E-state index in [0.717, 1.165) is 31.3 Å². The molecular weight excluding hydrogens is 316 g/mol. The van der Waals surface area contributed by atoms with Crippen LogP contribution in [0.4, 0.5) is 5.69 Å². The molecule has 25 heavy (non-hydrogen) atoms. The second-order valence-corrected chi connectivity index (χ2v) is 6.56. The lowest BCUT2D eigenvalue weighted by Crippen LogP contribution is -2.21. The molecule has 0 saturated carbocycles. The van der Waals surface area contributed by atoms with Crippen molar-refractivity contribution in [1.29, 1.82) is 0 Å². The van der Waals surface area contributed by atoms with Gasteiger partial charge in [0.25, 0.3) is 5.56 Å². The van der Waals surface area contributed by atoms with Crippen LogP contribution in [-0.2, 0) is 6.54 Å². The van der Waals surface area contributed by atoms with Gasteiger partial charge in [0.1, 0.15) is 6.61 Å². The van der Waals surface area contributed by atoms with Gasteiger partial charge in [-0.05, 0) is 44.5 Å². The Morgan fingerprint density at radius 1 is 1.28 bits per heavy atom. The summed E-state index contributed by atoms with van der Waals surface area (Å²) >= 11 is 0. The third-order valence-corrected chi connectivity index (χ3v) is 4.17. The number of hydrogen-bond donors (Lipinski definition) is 2. The van der Waals surface area contributed by atoms with Gasteiger partial charge in [0.05, 0.1) is 5.52 Å². The number of hydrogen-bond acceptors (Lipinski definition) is 4. The first-order valence-corrected chi connectivity index (χ1v) is 8.86. The number of allylic oxidation sites excluding steroid dienone is 1. The maximum Gasteiger partial charge on any atom is 0.297 e. The second-order valence-electron chi connectivity index (χ2n) is 6.56. The zero-order valence-electron chi connectivity index (χ0n) is 15.3. The third kappa shape index (κ3) is 4.56. The average Bonchev–Trinajstić information content (AvgIpc) is 2.57. The molecule has 2 aromatic rings. The number of aryl methyl sites for hydroxylation is 1. The maximum atomic E-state index is 12.7. The molecule has 0 unspecified atom stereocenters. The van der Waals surface area contributed by atoms with Crippen molar-refractivity contribution in [1.82, 2.24) is 4.57 Å². The number of pyridine rings is 1.